The Balaban J connectivity index is 0.00000370. The van der Waals surface area contributed by atoms with E-state index in [1.807, 2.05) is 59.2 Å². The summed E-state index contributed by atoms with van der Waals surface area (Å²) in [7, 11) is 0. The molecular formula is C30H27F3N4O2Pd. The molecule has 1 aromatic heterocycles. The molecule has 0 saturated carbocycles. The Labute approximate surface area is 243 Å². The Kier molecular flexibility index (Phi) is 8.92. The van der Waals surface area contributed by atoms with Crippen molar-refractivity contribution in [1.29, 1.82) is 0 Å². The summed E-state index contributed by atoms with van der Waals surface area (Å²) >= 11 is 0. The maximum atomic E-state index is 13.6. The number of alkyl halides is 3. The summed E-state index contributed by atoms with van der Waals surface area (Å²) in [6, 6.07) is 23.7. The van der Waals surface area contributed by atoms with Gasteiger partial charge in [-0.05, 0) is 53.6 Å². The standard InChI is InChI=1S/C30H27F3N4O2.Pd/c31-30(32,33)19-34-28(39)29(24-14-6-4-12-22(24)23-13-5-7-15-25(23)29)16-8-9-17-37-18-26(35-20-37)36-27(38)21-10-2-1-3-11-21;/h1-7,10-15,18,20H,8-9,16-17,19H2,(H,34,39)(H,36,38);. The maximum absolute atomic E-state index is 13.6. The van der Waals surface area contributed by atoms with Crippen LogP contribution in [0.15, 0.2) is 91.4 Å². The Hall–Kier alpha value is -3.74. The minimum atomic E-state index is -4.51. The molecule has 2 N–H and O–H groups in total. The summed E-state index contributed by atoms with van der Waals surface area (Å²) in [6.07, 6.45) is 0.410. The summed E-state index contributed by atoms with van der Waals surface area (Å²) in [5.41, 5.74) is 2.48. The summed E-state index contributed by atoms with van der Waals surface area (Å²) in [5.74, 6) is -0.484. The van der Waals surface area contributed by atoms with Crippen molar-refractivity contribution in [2.75, 3.05) is 11.9 Å². The van der Waals surface area contributed by atoms with Gasteiger partial charge in [0.1, 0.15) is 12.0 Å². The van der Waals surface area contributed by atoms with Crippen molar-refractivity contribution in [2.45, 2.75) is 37.4 Å². The summed E-state index contributed by atoms with van der Waals surface area (Å²) in [4.78, 5) is 30.2. The number of fused-ring (bicyclic) bond motifs is 3. The van der Waals surface area contributed by atoms with Crippen molar-refractivity contribution in [3.05, 3.63) is 108 Å². The zero-order chi connectivity index (χ0) is 27.5. The van der Waals surface area contributed by atoms with Gasteiger partial charge in [-0.15, -0.1) is 0 Å². The normalized spacial score (nSPS) is 13.1. The molecule has 1 heterocycles. The first-order valence-electron chi connectivity index (χ1n) is 12.7. The van der Waals surface area contributed by atoms with Gasteiger partial charge in [0, 0.05) is 38.7 Å². The van der Waals surface area contributed by atoms with Crippen molar-refractivity contribution >= 4 is 17.6 Å². The number of nitrogens with zero attached hydrogens (tertiary/aromatic N) is 2. The molecule has 0 radical (unpaired) electrons. The van der Waals surface area contributed by atoms with E-state index in [9.17, 15) is 22.8 Å². The molecule has 4 aromatic rings. The number of hydrogen-bond donors (Lipinski definition) is 2. The van der Waals surface area contributed by atoms with E-state index in [4.69, 9.17) is 0 Å². The number of aryl methyl sites for hydroxylation is 1. The molecule has 10 heteroatoms. The fraction of sp³-hybridized carbons (Fsp3) is 0.233. The third-order valence-electron chi connectivity index (χ3n) is 7.03. The number of amides is 2. The topological polar surface area (TPSA) is 76.0 Å². The van der Waals surface area contributed by atoms with E-state index in [-0.39, 0.29) is 26.3 Å². The van der Waals surface area contributed by atoms with Crippen molar-refractivity contribution in [1.82, 2.24) is 14.9 Å². The van der Waals surface area contributed by atoms with Crippen LogP contribution >= 0.6 is 0 Å². The average molecular weight is 639 g/mol. The number of hydrogen-bond acceptors (Lipinski definition) is 3. The number of anilines is 1. The zero-order valence-electron chi connectivity index (χ0n) is 21.4. The number of benzene rings is 3. The summed E-state index contributed by atoms with van der Waals surface area (Å²) in [6.45, 7) is -0.817. The third-order valence-corrected chi connectivity index (χ3v) is 7.03. The van der Waals surface area contributed by atoms with Gasteiger partial charge in [0.15, 0.2) is 5.82 Å². The molecular weight excluding hydrogens is 612 g/mol. The van der Waals surface area contributed by atoms with Gasteiger partial charge < -0.3 is 15.2 Å². The van der Waals surface area contributed by atoms with Crippen LogP contribution in [0.5, 0.6) is 0 Å². The minimum Gasteiger partial charge on any atom is -0.346 e. The number of carbonyl (C=O) groups is 2. The summed E-state index contributed by atoms with van der Waals surface area (Å²) < 4.78 is 41.0. The van der Waals surface area contributed by atoms with E-state index in [1.165, 1.54) is 0 Å². The van der Waals surface area contributed by atoms with Gasteiger partial charge in [-0.2, -0.15) is 13.2 Å². The molecule has 5 rings (SSSR count). The number of unbranched alkanes of at least 4 members (excludes halogenated alkanes) is 1. The molecule has 210 valence electrons. The Morgan fingerprint density at radius 2 is 1.45 bits per heavy atom. The van der Waals surface area contributed by atoms with Gasteiger partial charge in [0.25, 0.3) is 5.91 Å². The van der Waals surface area contributed by atoms with E-state index >= 15 is 0 Å². The molecule has 3 aromatic carbocycles. The molecule has 40 heavy (non-hydrogen) atoms. The van der Waals surface area contributed by atoms with Gasteiger partial charge in [-0.25, -0.2) is 4.98 Å². The van der Waals surface area contributed by atoms with Crippen LogP contribution in [-0.2, 0) is 37.2 Å². The van der Waals surface area contributed by atoms with Gasteiger partial charge in [-0.1, -0.05) is 66.7 Å². The first kappa shape index (κ1) is 29.2. The number of halogens is 3. The van der Waals surface area contributed by atoms with Crippen LogP contribution in [-0.4, -0.2) is 34.1 Å². The molecule has 0 unspecified atom stereocenters. The van der Waals surface area contributed by atoms with Crippen LogP contribution in [0.4, 0.5) is 19.0 Å². The van der Waals surface area contributed by atoms with Crippen molar-refractivity contribution in [3.63, 3.8) is 0 Å². The zero-order valence-corrected chi connectivity index (χ0v) is 22.9. The maximum Gasteiger partial charge on any atom is 0.405 e. The number of imidazole rings is 1. The molecule has 0 fully saturated rings. The van der Waals surface area contributed by atoms with Crippen LogP contribution in [0.2, 0.25) is 0 Å². The number of nitrogens with one attached hydrogen (secondary N) is 2. The second-order valence-corrected chi connectivity index (χ2v) is 9.57. The van der Waals surface area contributed by atoms with Gasteiger partial charge in [0.05, 0.1) is 6.33 Å². The van der Waals surface area contributed by atoms with Crippen LogP contribution < -0.4 is 10.6 Å². The molecule has 0 atom stereocenters. The molecule has 0 saturated heterocycles. The molecule has 2 amide bonds. The Morgan fingerprint density at radius 1 is 0.850 bits per heavy atom. The Morgan fingerprint density at radius 3 is 2.08 bits per heavy atom. The van der Waals surface area contributed by atoms with Crippen LogP contribution in [0.3, 0.4) is 0 Å². The van der Waals surface area contributed by atoms with Crippen molar-refractivity contribution < 1.29 is 43.2 Å². The van der Waals surface area contributed by atoms with Gasteiger partial charge in [0.2, 0.25) is 5.91 Å². The summed E-state index contributed by atoms with van der Waals surface area (Å²) in [5, 5.41) is 4.93. The smallest absolute Gasteiger partial charge is 0.346 e. The number of carbonyl (C=O) groups excluding carboxylic acids is 2. The van der Waals surface area contributed by atoms with Crippen molar-refractivity contribution in [3.8, 4) is 11.1 Å². The van der Waals surface area contributed by atoms with E-state index < -0.39 is 24.0 Å². The number of aromatic nitrogens is 2. The van der Waals surface area contributed by atoms with E-state index in [2.05, 4.69) is 15.6 Å². The van der Waals surface area contributed by atoms with E-state index in [1.54, 1.807) is 36.8 Å². The molecule has 6 nitrogen and oxygen atoms in total. The predicted molar refractivity (Wildman–Crippen MR) is 142 cm³/mol. The van der Waals surface area contributed by atoms with Crippen LogP contribution in [0.1, 0.15) is 40.7 Å². The third kappa shape index (κ3) is 6.03. The average Bonchev–Trinajstić information content (AvgIpc) is 3.50. The van der Waals surface area contributed by atoms with E-state index in [0.29, 0.717) is 37.2 Å². The SMILES string of the molecule is O=C(Nc1cn(CCCCC2(C(=O)NCC(F)(F)F)c3ccccc3-c3ccccc32)cn1)c1ccccc1.[Pd]. The second-order valence-electron chi connectivity index (χ2n) is 9.57. The Bertz CT molecular complexity index is 1440. The van der Waals surface area contributed by atoms with Crippen molar-refractivity contribution in [2.24, 2.45) is 0 Å². The second kappa shape index (κ2) is 12.2. The first-order chi connectivity index (χ1) is 18.8. The fourth-order valence-corrected chi connectivity index (χ4v) is 5.29. The van der Waals surface area contributed by atoms with Gasteiger partial charge in [-0.3, -0.25) is 9.59 Å². The molecule has 0 aliphatic heterocycles. The quantitative estimate of drug-likeness (QED) is 0.176. The van der Waals surface area contributed by atoms with Gasteiger partial charge >= 0.3 is 6.18 Å². The molecule has 1 aliphatic carbocycles. The van der Waals surface area contributed by atoms with Crippen LogP contribution in [0.25, 0.3) is 11.1 Å². The molecule has 0 spiro atoms. The predicted octanol–water partition coefficient (Wildman–Crippen LogP) is 5.95. The molecule has 1 aliphatic rings. The number of rotatable bonds is 9. The fourth-order valence-electron chi connectivity index (χ4n) is 5.29. The minimum absolute atomic E-state index is 0. The largest absolute Gasteiger partial charge is 0.405 e. The first-order valence-corrected chi connectivity index (χ1v) is 12.7. The van der Waals surface area contributed by atoms with Crippen LogP contribution in [0, 0.1) is 0 Å². The monoisotopic (exact) mass is 638 g/mol. The molecule has 0 bridgehead atoms. The van der Waals surface area contributed by atoms with E-state index in [0.717, 1.165) is 22.3 Å².